The Bertz CT molecular complexity index is 215. The van der Waals surface area contributed by atoms with Crippen LogP contribution in [0.2, 0.25) is 0 Å². The molecule has 86 valence electrons. The van der Waals surface area contributed by atoms with Crippen LogP contribution in [0.4, 0.5) is 0 Å². The maximum Gasteiger partial charge on any atom is 0.149 e. The molecule has 0 N–H and O–H groups in total. The van der Waals surface area contributed by atoms with E-state index in [4.69, 9.17) is 0 Å². The van der Waals surface area contributed by atoms with Crippen LogP contribution in [-0.2, 0) is 4.79 Å². The highest BCUT2D eigenvalue weighted by atomic mass is 16.1. The zero-order valence-electron chi connectivity index (χ0n) is 9.87. The quantitative estimate of drug-likeness (QED) is 0.709. The Morgan fingerprint density at radius 1 is 1.07 bits per heavy atom. The van der Waals surface area contributed by atoms with Crippen LogP contribution in [0, 0.1) is 5.92 Å². The molecule has 2 heteroatoms. The zero-order chi connectivity index (χ0) is 10.7. The monoisotopic (exact) mass is 209 g/mol. The standard InChI is InChI=1S/C13H23NO/c1-14(12-8-4-5-9-12)10-13(15)11-6-2-3-7-11/h11-12H,2-10H2,1H3. The fourth-order valence-electron chi connectivity index (χ4n) is 3.10. The van der Waals surface area contributed by atoms with Gasteiger partial charge in [0.15, 0.2) is 0 Å². The zero-order valence-corrected chi connectivity index (χ0v) is 9.87. The van der Waals surface area contributed by atoms with Crippen LogP contribution in [0.3, 0.4) is 0 Å². The summed E-state index contributed by atoms with van der Waals surface area (Å²) in [6.07, 6.45) is 10.1. The summed E-state index contributed by atoms with van der Waals surface area (Å²) in [6.45, 7) is 0.704. The molecular formula is C13H23NO. The summed E-state index contributed by atoms with van der Waals surface area (Å²) >= 11 is 0. The molecule has 0 unspecified atom stereocenters. The third kappa shape index (κ3) is 2.81. The van der Waals surface area contributed by atoms with Crippen LogP contribution in [0.5, 0.6) is 0 Å². The first-order valence-corrected chi connectivity index (χ1v) is 6.50. The van der Waals surface area contributed by atoms with E-state index in [0.29, 0.717) is 24.3 Å². The van der Waals surface area contributed by atoms with E-state index in [9.17, 15) is 4.79 Å². The Morgan fingerprint density at radius 2 is 1.60 bits per heavy atom. The van der Waals surface area contributed by atoms with Gasteiger partial charge in [0.25, 0.3) is 0 Å². The Labute approximate surface area is 93.0 Å². The predicted molar refractivity (Wildman–Crippen MR) is 61.9 cm³/mol. The number of Topliss-reactive ketones (excluding diaryl/α,β-unsaturated/α-hetero) is 1. The maximum absolute atomic E-state index is 12.0. The van der Waals surface area contributed by atoms with Crippen molar-refractivity contribution >= 4 is 5.78 Å². The minimum Gasteiger partial charge on any atom is -0.298 e. The number of carbonyl (C=O) groups excluding carboxylic acids is 1. The molecule has 2 aliphatic carbocycles. The Balaban J connectivity index is 1.77. The molecule has 0 aromatic heterocycles. The van der Waals surface area contributed by atoms with Gasteiger partial charge in [-0.05, 0) is 32.7 Å². The smallest absolute Gasteiger partial charge is 0.149 e. The van der Waals surface area contributed by atoms with Crippen molar-refractivity contribution in [2.45, 2.75) is 57.4 Å². The minimum absolute atomic E-state index is 0.397. The van der Waals surface area contributed by atoms with Crippen LogP contribution in [0.15, 0.2) is 0 Å². The summed E-state index contributed by atoms with van der Waals surface area (Å²) in [7, 11) is 2.13. The first kappa shape index (κ1) is 11.1. The lowest BCUT2D eigenvalue weighted by Gasteiger charge is -2.24. The molecule has 0 aliphatic heterocycles. The van der Waals surface area contributed by atoms with E-state index in [2.05, 4.69) is 11.9 Å². The van der Waals surface area contributed by atoms with Gasteiger partial charge in [-0.1, -0.05) is 25.7 Å². The topological polar surface area (TPSA) is 20.3 Å². The third-order valence-electron chi connectivity index (χ3n) is 4.16. The van der Waals surface area contributed by atoms with Gasteiger partial charge in [-0.3, -0.25) is 9.69 Å². The van der Waals surface area contributed by atoms with Gasteiger partial charge in [-0.2, -0.15) is 0 Å². The van der Waals surface area contributed by atoms with Crippen molar-refractivity contribution in [2.24, 2.45) is 5.92 Å². The fraction of sp³-hybridized carbons (Fsp3) is 0.923. The molecule has 0 aromatic rings. The van der Waals surface area contributed by atoms with E-state index in [1.165, 1.54) is 38.5 Å². The van der Waals surface area contributed by atoms with Gasteiger partial charge in [-0.15, -0.1) is 0 Å². The van der Waals surface area contributed by atoms with Crippen LogP contribution in [0.1, 0.15) is 51.4 Å². The number of likely N-dealkylation sites (N-methyl/N-ethyl adjacent to an activating group) is 1. The second-order valence-electron chi connectivity index (χ2n) is 5.30. The Morgan fingerprint density at radius 3 is 2.20 bits per heavy atom. The molecule has 0 radical (unpaired) electrons. The third-order valence-corrected chi connectivity index (χ3v) is 4.16. The van der Waals surface area contributed by atoms with Crippen molar-refractivity contribution in [3.8, 4) is 0 Å². The van der Waals surface area contributed by atoms with Gasteiger partial charge >= 0.3 is 0 Å². The van der Waals surface area contributed by atoms with E-state index in [1.54, 1.807) is 0 Å². The first-order chi connectivity index (χ1) is 7.27. The molecule has 2 fully saturated rings. The lowest BCUT2D eigenvalue weighted by molar-refractivity contribution is -0.124. The van der Waals surface area contributed by atoms with E-state index in [1.807, 2.05) is 0 Å². The molecule has 0 spiro atoms. The lowest BCUT2D eigenvalue weighted by Crippen LogP contribution is -2.36. The fourth-order valence-corrected chi connectivity index (χ4v) is 3.10. The van der Waals surface area contributed by atoms with Gasteiger partial charge in [-0.25, -0.2) is 0 Å². The van der Waals surface area contributed by atoms with E-state index < -0.39 is 0 Å². The van der Waals surface area contributed by atoms with Crippen molar-refractivity contribution in [3.63, 3.8) is 0 Å². The second kappa shape index (κ2) is 5.11. The molecule has 2 rings (SSSR count). The van der Waals surface area contributed by atoms with Crippen molar-refractivity contribution in [3.05, 3.63) is 0 Å². The number of hydrogen-bond acceptors (Lipinski definition) is 2. The summed E-state index contributed by atoms with van der Waals surface area (Å²) in [4.78, 5) is 14.3. The highest BCUT2D eigenvalue weighted by molar-refractivity contribution is 5.83. The number of carbonyl (C=O) groups is 1. The Kier molecular flexibility index (Phi) is 3.79. The van der Waals surface area contributed by atoms with Gasteiger partial charge in [0.2, 0.25) is 0 Å². The van der Waals surface area contributed by atoms with Crippen LogP contribution < -0.4 is 0 Å². The first-order valence-electron chi connectivity index (χ1n) is 6.50. The molecular weight excluding hydrogens is 186 g/mol. The molecule has 0 aromatic carbocycles. The summed E-state index contributed by atoms with van der Waals surface area (Å²) < 4.78 is 0. The summed E-state index contributed by atoms with van der Waals surface area (Å²) in [5.74, 6) is 0.899. The number of rotatable bonds is 4. The van der Waals surface area contributed by atoms with Crippen LogP contribution in [-0.4, -0.2) is 30.3 Å². The molecule has 0 heterocycles. The minimum atomic E-state index is 0.397. The van der Waals surface area contributed by atoms with E-state index in [0.717, 1.165) is 12.8 Å². The van der Waals surface area contributed by atoms with E-state index in [-0.39, 0.29) is 0 Å². The summed E-state index contributed by atoms with van der Waals surface area (Å²) in [5, 5.41) is 0. The average Bonchev–Trinajstić information content (AvgIpc) is 2.91. The average molecular weight is 209 g/mol. The van der Waals surface area contributed by atoms with Gasteiger partial charge in [0, 0.05) is 12.0 Å². The number of nitrogens with zero attached hydrogens (tertiary/aromatic N) is 1. The van der Waals surface area contributed by atoms with Gasteiger partial charge in [0.05, 0.1) is 6.54 Å². The molecule has 0 bridgehead atoms. The molecule has 0 atom stereocenters. The number of ketones is 1. The second-order valence-corrected chi connectivity index (χ2v) is 5.30. The SMILES string of the molecule is CN(CC(=O)C1CCCC1)C1CCCC1. The molecule has 2 saturated carbocycles. The van der Waals surface area contributed by atoms with Crippen molar-refractivity contribution in [2.75, 3.05) is 13.6 Å². The normalized spacial score (nSPS) is 24.1. The molecule has 2 aliphatic rings. The highest BCUT2D eigenvalue weighted by Crippen LogP contribution is 2.27. The number of hydrogen-bond donors (Lipinski definition) is 0. The van der Waals surface area contributed by atoms with Crippen molar-refractivity contribution < 1.29 is 4.79 Å². The van der Waals surface area contributed by atoms with Crippen molar-refractivity contribution in [1.29, 1.82) is 0 Å². The molecule has 15 heavy (non-hydrogen) atoms. The Hall–Kier alpha value is -0.370. The maximum atomic E-state index is 12.0. The largest absolute Gasteiger partial charge is 0.298 e. The predicted octanol–water partition coefficient (Wildman–Crippen LogP) is 2.62. The lowest BCUT2D eigenvalue weighted by atomic mass is 10.0. The summed E-state index contributed by atoms with van der Waals surface area (Å²) in [5.41, 5.74) is 0. The molecule has 0 saturated heterocycles. The van der Waals surface area contributed by atoms with E-state index >= 15 is 0 Å². The van der Waals surface area contributed by atoms with Crippen molar-refractivity contribution in [1.82, 2.24) is 4.90 Å². The van der Waals surface area contributed by atoms with Crippen LogP contribution >= 0.6 is 0 Å². The summed E-state index contributed by atoms with van der Waals surface area (Å²) in [6, 6.07) is 0.690. The molecule has 2 nitrogen and oxygen atoms in total. The molecule has 0 amide bonds. The van der Waals surface area contributed by atoms with Gasteiger partial charge < -0.3 is 0 Å². The highest BCUT2D eigenvalue weighted by Gasteiger charge is 2.26. The van der Waals surface area contributed by atoms with Crippen LogP contribution in [0.25, 0.3) is 0 Å². The van der Waals surface area contributed by atoms with Gasteiger partial charge in [0.1, 0.15) is 5.78 Å².